The van der Waals surface area contributed by atoms with Gasteiger partial charge in [0.15, 0.2) is 10.8 Å². The molecule has 0 aliphatic rings. The van der Waals surface area contributed by atoms with Crippen molar-refractivity contribution in [2.75, 3.05) is 18.4 Å². The van der Waals surface area contributed by atoms with Gasteiger partial charge in [-0.25, -0.2) is 4.98 Å². The lowest BCUT2D eigenvalue weighted by Gasteiger charge is -2.28. The number of nitrogens with zero attached hydrogens (tertiary/aromatic N) is 2. The fourth-order valence-electron chi connectivity index (χ4n) is 2.61. The molecule has 15 heteroatoms. The highest BCUT2D eigenvalue weighted by atomic mass is 35.5. The third-order valence-corrected chi connectivity index (χ3v) is 5.72. The van der Waals surface area contributed by atoms with Crippen LogP contribution in [-0.2, 0) is 12.7 Å². The normalized spacial score (nSPS) is 13.2. The van der Waals surface area contributed by atoms with Crippen LogP contribution in [0.5, 0.6) is 0 Å². The van der Waals surface area contributed by atoms with Gasteiger partial charge in [0.05, 0.1) is 27.2 Å². The molecule has 0 fully saturated rings. The number of benzene rings is 1. The maximum Gasteiger partial charge on any atom is 0.454 e. The van der Waals surface area contributed by atoms with Gasteiger partial charge in [0.25, 0.3) is 0 Å². The van der Waals surface area contributed by atoms with Crippen LogP contribution in [0, 0.1) is 0 Å². The quantitative estimate of drug-likeness (QED) is 0.335. The summed E-state index contributed by atoms with van der Waals surface area (Å²) in [4.78, 5) is 3.49. The van der Waals surface area contributed by atoms with E-state index in [9.17, 15) is 35.1 Å². The highest BCUT2D eigenvalue weighted by molar-refractivity contribution is 7.15. The van der Waals surface area contributed by atoms with Crippen LogP contribution >= 0.6 is 46.1 Å². The van der Waals surface area contributed by atoms with Gasteiger partial charge in [-0.15, -0.1) is 0 Å². The molecule has 0 aliphatic heterocycles. The molecule has 0 amide bonds. The number of hydrogen-bond acceptors (Lipinski definition) is 4. The second kappa shape index (κ2) is 10.0. The summed E-state index contributed by atoms with van der Waals surface area (Å²) in [5.41, 5.74) is -1.41. The van der Waals surface area contributed by atoms with Gasteiger partial charge < -0.3 is 5.32 Å². The molecule has 0 bridgehead atoms. The fourth-order valence-corrected chi connectivity index (χ4v) is 4.55. The standard InChI is InChI=1S/C17H14Cl3F8N3S/c1-2-3-31(7-15(21,22)17(26,27)28)6-11-13(16(23,24)25)30-14(32-11)29-12-9(19)4-8(18)5-10(12)20/h4-5H,2-3,6-7H2,1H3,(H,29,30). The third-order valence-electron chi connectivity index (χ3n) is 3.95. The Bertz CT molecular complexity index is 923. The van der Waals surface area contributed by atoms with Crippen molar-refractivity contribution in [2.24, 2.45) is 0 Å². The highest BCUT2D eigenvalue weighted by Crippen LogP contribution is 2.42. The van der Waals surface area contributed by atoms with E-state index in [0.717, 1.165) is 0 Å². The molecule has 1 heterocycles. The van der Waals surface area contributed by atoms with Gasteiger partial charge >= 0.3 is 18.3 Å². The minimum atomic E-state index is -5.84. The summed E-state index contributed by atoms with van der Waals surface area (Å²) in [6.07, 6.45) is -10.7. The van der Waals surface area contributed by atoms with E-state index < -0.39 is 41.9 Å². The van der Waals surface area contributed by atoms with Crippen LogP contribution in [-0.4, -0.2) is 35.1 Å². The number of hydrogen-bond donors (Lipinski definition) is 1. The monoisotopic (exact) mass is 549 g/mol. The zero-order valence-electron chi connectivity index (χ0n) is 15.9. The molecule has 0 saturated heterocycles. The Morgan fingerprint density at radius 2 is 1.56 bits per heavy atom. The maximum atomic E-state index is 13.5. The van der Waals surface area contributed by atoms with Crippen LogP contribution in [0.3, 0.4) is 0 Å². The molecule has 180 valence electrons. The van der Waals surface area contributed by atoms with Crippen molar-refractivity contribution in [3.63, 3.8) is 0 Å². The molecule has 1 aromatic heterocycles. The summed E-state index contributed by atoms with van der Waals surface area (Å²) >= 11 is 18.2. The van der Waals surface area contributed by atoms with Crippen molar-refractivity contribution in [1.82, 2.24) is 9.88 Å². The summed E-state index contributed by atoms with van der Waals surface area (Å²) in [5.74, 6) is -5.10. The number of alkyl halides is 8. The molecule has 0 spiro atoms. The van der Waals surface area contributed by atoms with E-state index in [4.69, 9.17) is 34.8 Å². The molecule has 1 N–H and O–H groups in total. The summed E-state index contributed by atoms with van der Waals surface area (Å²) < 4.78 is 105. The van der Waals surface area contributed by atoms with Crippen molar-refractivity contribution >= 4 is 57.0 Å². The Labute approximate surface area is 196 Å². The fraction of sp³-hybridized carbons (Fsp3) is 0.471. The third kappa shape index (κ3) is 6.72. The van der Waals surface area contributed by atoms with E-state index in [-0.39, 0.29) is 38.9 Å². The van der Waals surface area contributed by atoms with Gasteiger partial charge in [-0.05, 0) is 25.1 Å². The largest absolute Gasteiger partial charge is 0.454 e. The van der Waals surface area contributed by atoms with Crippen LogP contribution in [0.1, 0.15) is 23.9 Å². The predicted octanol–water partition coefficient (Wildman–Crippen LogP) is 8.28. The Morgan fingerprint density at radius 3 is 2.03 bits per heavy atom. The zero-order valence-corrected chi connectivity index (χ0v) is 19.0. The Kier molecular flexibility index (Phi) is 8.53. The molecule has 32 heavy (non-hydrogen) atoms. The van der Waals surface area contributed by atoms with Crippen LogP contribution in [0.2, 0.25) is 15.1 Å². The molecule has 0 saturated carbocycles. The minimum absolute atomic E-state index is 0.000719. The molecule has 0 atom stereocenters. The predicted molar refractivity (Wildman–Crippen MR) is 108 cm³/mol. The molecular weight excluding hydrogens is 537 g/mol. The minimum Gasteiger partial charge on any atom is -0.329 e. The molecule has 2 rings (SSSR count). The first-order valence-electron chi connectivity index (χ1n) is 8.70. The van der Waals surface area contributed by atoms with Crippen LogP contribution < -0.4 is 5.32 Å². The molecule has 3 nitrogen and oxygen atoms in total. The lowest BCUT2D eigenvalue weighted by Crippen LogP contribution is -2.47. The zero-order chi connectivity index (χ0) is 24.5. The molecule has 0 aliphatic carbocycles. The topological polar surface area (TPSA) is 28.2 Å². The number of nitrogens with one attached hydrogen (secondary N) is 1. The van der Waals surface area contributed by atoms with Crippen LogP contribution in [0.15, 0.2) is 12.1 Å². The summed E-state index contributed by atoms with van der Waals surface area (Å²) in [6, 6.07) is 2.55. The number of rotatable bonds is 8. The van der Waals surface area contributed by atoms with Crippen LogP contribution in [0.4, 0.5) is 45.9 Å². The average Bonchev–Trinajstić information content (AvgIpc) is 2.99. The summed E-state index contributed by atoms with van der Waals surface area (Å²) in [6.45, 7) is -1.42. The van der Waals surface area contributed by atoms with E-state index in [2.05, 4.69) is 10.3 Å². The number of halogens is 11. The van der Waals surface area contributed by atoms with Crippen molar-refractivity contribution in [1.29, 1.82) is 0 Å². The molecule has 0 radical (unpaired) electrons. The first-order valence-corrected chi connectivity index (χ1v) is 10.7. The lowest BCUT2D eigenvalue weighted by molar-refractivity contribution is -0.287. The van der Waals surface area contributed by atoms with Gasteiger partial charge in [0.1, 0.15) is 0 Å². The maximum absolute atomic E-state index is 13.5. The van der Waals surface area contributed by atoms with Crippen molar-refractivity contribution in [3.05, 3.63) is 37.8 Å². The van der Waals surface area contributed by atoms with Crippen molar-refractivity contribution in [2.45, 2.75) is 38.2 Å². The number of anilines is 2. The van der Waals surface area contributed by atoms with E-state index in [1.165, 1.54) is 19.1 Å². The van der Waals surface area contributed by atoms with Gasteiger partial charge in [-0.2, -0.15) is 35.1 Å². The van der Waals surface area contributed by atoms with E-state index in [0.29, 0.717) is 16.2 Å². The SMILES string of the molecule is CCCN(Cc1sc(Nc2c(Cl)cc(Cl)cc2Cl)nc1C(F)(F)F)CC(F)(F)C(F)(F)F. The van der Waals surface area contributed by atoms with Gasteiger partial charge in [0.2, 0.25) is 0 Å². The number of aromatic nitrogens is 1. The van der Waals surface area contributed by atoms with Gasteiger partial charge in [-0.1, -0.05) is 53.1 Å². The Morgan fingerprint density at radius 1 is 1.00 bits per heavy atom. The average molecular weight is 551 g/mol. The van der Waals surface area contributed by atoms with Crippen molar-refractivity contribution < 1.29 is 35.1 Å². The highest BCUT2D eigenvalue weighted by Gasteiger charge is 2.58. The second-order valence-electron chi connectivity index (χ2n) is 6.57. The van der Waals surface area contributed by atoms with E-state index in [1.54, 1.807) is 0 Å². The summed E-state index contributed by atoms with van der Waals surface area (Å²) in [5, 5.41) is 2.30. The molecule has 1 aromatic carbocycles. The van der Waals surface area contributed by atoms with Crippen molar-refractivity contribution in [3.8, 4) is 0 Å². The smallest absolute Gasteiger partial charge is 0.329 e. The first kappa shape index (κ1) is 27.2. The Hall–Kier alpha value is -1.08. The summed E-state index contributed by atoms with van der Waals surface area (Å²) in [7, 11) is 0. The second-order valence-corrected chi connectivity index (χ2v) is 8.91. The van der Waals surface area contributed by atoms with E-state index in [1.807, 2.05) is 0 Å². The lowest BCUT2D eigenvalue weighted by atomic mass is 10.2. The number of thiazole rings is 1. The molecular formula is C17H14Cl3F8N3S. The Balaban J connectivity index is 2.39. The van der Waals surface area contributed by atoms with Gasteiger partial charge in [-0.3, -0.25) is 4.90 Å². The molecule has 2 aromatic rings. The van der Waals surface area contributed by atoms with E-state index >= 15 is 0 Å². The van der Waals surface area contributed by atoms with Crippen LogP contribution in [0.25, 0.3) is 0 Å². The first-order chi connectivity index (χ1) is 14.5. The van der Waals surface area contributed by atoms with Gasteiger partial charge in [0, 0.05) is 11.6 Å². The molecule has 0 unspecified atom stereocenters.